The minimum atomic E-state index is -0.763. The van der Waals surface area contributed by atoms with E-state index < -0.39 is 11.2 Å². The van der Waals surface area contributed by atoms with Crippen LogP contribution in [0.1, 0.15) is 20.8 Å². The van der Waals surface area contributed by atoms with Gasteiger partial charge in [-0.1, -0.05) is 13.2 Å². The van der Waals surface area contributed by atoms with E-state index in [1.807, 2.05) is 0 Å². The van der Waals surface area contributed by atoms with Gasteiger partial charge in [-0.05, 0) is 33.2 Å². The molecule has 0 aromatic heterocycles. The molecule has 0 saturated carbocycles. The Bertz CT molecular complexity index is 269. The quantitative estimate of drug-likeness (QED) is 0.411. The van der Waals surface area contributed by atoms with Crippen LogP contribution in [-0.4, -0.2) is 50.6 Å². The fourth-order valence-corrected chi connectivity index (χ4v) is 3.51. The average molecular weight is 321 g/mol. The highest BCUT2D eigenvalue weighted by Gasteiger charge is 2.24. The maximum absolute atomic E-state index is 10.1. The van der Waals surface area contributed by atoms with Crippen molar-refractivity contribution in [3.63, 3.8) is 0 Å². The van der Waals surface area contributed by atoms with Gasteiger partial charge in [0.25, 0.3) is 0 Å². The molecule has 0 heterocycles. The van der Waals surface area contributed by atoms with E-state index in [9.17, 15) is 10.2 Å². The molecule has 0 aliphatic carbocycles. The van der Waals surface area contributed by atoms with Gasteiger partial charge in [0.2, 0.25) is 0 Å². The summed E-state index contributed by atoms with van der Waals surface area (Å²) >= 11 is 3.37. The van der Waals surface area contributed by atoms with Crippen LogP contribution in [0.2, 0.25) is 0 Å². The summed E-state index contributed by atoms with van der Waals surface area (Å²) in [6.45, 7) is 13.8. The third kappa shape index (κ3) is 10.5. The number of aliphatic hydroxyl groups is 2. The van der Waals surface area contributed by atoms with Gasteiger partial charge in [0.05, 0.1) is 11.2 Å². The Kier molecular flexibility index (Phi) is 9.46. The van der Waals surface area contributed by atoms with E-state index in [4.69, 9.17) is 0 Å². The molecule has 2 atom stereocenters. The largest absolute Gasteiger partial charge is 0.388 e. The van der Waals surface area contributed by atoms with Crippen LogP contribution in [0.4, 0.5) is 0 Å². The van der Waals surface area contributed by atoms with Crippen molar-refractivity contribution >= 4 is 23.5 Å². The first-order valence-electron chi connectivity index (χ1n) is 6.59. The highest BCUT2D eigenvalue weighted by Crippen LogP contribution is 2.28. The normalized spacial score (nSPS) is 18.4. The zero-order chi connectivity index (χ0) is 15.6. The van der Waals surface area contributed by atoms with Crippen LogP contribution >= 0.6 is 23.5 Å². The second kappa shape index (κ2) is 9.60. The summed E-state index contributed by atoms with van der Waals surface area (Å²) in [6.07, 6.45) is 3.17. The van der Waals surface area contributed by atoms with E-state index >= 15 is 0 Å². The molecule has 0 amide bonds. The Hall–Kier alpha value is -0.300. The summed E-state index contributed by atoms with van der Waals surface area (Å²) < 4.78 is 0.306. The van der Waals surface area contributed by atoms with E-state index in [0.717, 1.165) is 0 Å². The van der Waals surface area contributed by atoms with Gasteiger partial charge in [-0.15, -0.1) is 23.5 Å². The minimum absolute atomic E-state index is 0.306. The van der Waals surface area contributed by atoms with Crippen molar-refractivity contribution in [2.24, 2.45) is 0 Å². The first-order chi connectivity index (χ1) is 9.22. The summed E-state index contributed by atoms with van der Waals surface area (Å²) in [6, 6.07) is 0. The lowest BCUT2D eigenvalue weighted by atomic mass is 10.1. The van der Waals surface area contributed by atoms with Gasteiger partial charge >= 0.3 is 0 Å². The fraction of sp³-hybridized carbons (Fsp3) is 0.714. The predicted octanol–water partition coefficient (Wildman–Crippen LogP) is 1.77. The molecular weight excluding hydrogens is 292 g/mol. The molecule has 0 fully saturated rings. The molecular formula is C14H28N2O2S2. The third-order valence-corrected chi connectivity index (χ3v) is 5.84. The smallest absolute Gasteiger partial charge is 0.0881 e. The van der Waals surface area contributed by atoms with Gasteiger partial charge in [0.15, 0.2) is 0 Å². The van der Waals surface area contributed by atoms with Crippen molar-refractivity contribution in [1.29, 1.82) is 0 Å². The van der Waals surface area contributed by atoms with E-state index in [1.54, 1.807) is 49.8 Å². The highest BCUT2D eigenvalue weighted by atomic mass is 32.2. The van der Waals surface area contributed by atoms with Gasteiger partial charge in [0, 0.05) is 29.2 Å². The summed E-state index contributed by atoms with van der Waals surface area (Å²) in [5, 5.41) is 26.1. The van der Waals surface area contributed by atoms with Crippen molar-refractivity contribution in [2.45, 2.75) is 36.6 Å². The minimum Gasteiger partial charge on any atom is -0.388 e. The molecule has 4 N–H and O–H groups in total. The van der Waals surface area contributed by atoms with Crippen molar-refractivity contribution in [3.8, 4) is 0 Å². The van der Waals surface area contributed by atoms with Crippen LogP contribution in [0.25, 0.3) is 0 Å². The second-order valence-electron chi connectivity index (χ2n) is 5.35. The summed E-state index contributed by atoms with van der Waals surface area (Å²) in [5.74, 6) is 1.27. The maximum Gasteiger partial charge on any atom is 0.0881 e. The molecule has 0 aliphatic rings. The van der Waals surface area contributed by atoms with Crippen LogP contribution < -0.4 is 10.6 Å². The third-order valence-electron chi connectivity index (χ3n) is 2.51. The van der Waals surface area contributed by atoms with Gasteiger partial charge in [0.1, 0.15) is 0 Å². The average Bonchev–Trinajstić information content (AvgIpc) is 2.39. The molecule has 0 aromatic rings. The summed E-state index contributed by atoms with van der Waals surface area (Å²) in [5.41, 5.74) is -1.53. The van der Waals surface area contributed by atoms with Crippen LogP contribution in [0, 0.1) is 0 Å². The first-order valence-corrected chi connectivity index (χ1v) is 8.69. The Morgan fingerprint density at radius 3 is 1.65 bits per heavy atom. The number of rotatable bonds is 12. The standard InChI is InChI=1S/C14H28N2O2S2/c1-6-15-8-13(4,17)10-19-12(3)20-11-14(5,18)9-16-7-2/h6-7,12,15-18H,1-2,8-11H2,3-5H3. The zero-order valence-corrected chi connectivity index (χ0v) is 14.3. The lowest BCUT2D eigenvalue weighted by Gasteiger charge is -2.27. The molecule has 0 bridgehead atoms. The molecule has 0 aliphatic heterocycles. The van der Waals surface area contributed by atoms with E-state index in [2.05, 4.69) is 30.7 Å². The molecule has 0 rings (SSSR count). The van der Waals surface area contributed by atoms with Crippen LogP contribution in [0.3, 0.4) is 0 Å². The maximum atomic E-state index is 10.1. The van der Waals surface area contributed by atoms with Gasteiger partial charge < -0.3 is 20.8 Å². The predicted molar refractivity (Wildman–Crippen MR) is 92.0 cm³/mol. The van der Waals surface area contributed by atoms with Crippen molar-refractivity contribution in [3.05, 3.63) is 25.6 Å². The van der Waals surface area contributed by atoms with Crippen molar-refractivity contribution in [2.75, 3.05) is 24.6 Å². The topological polar surface area (TPSA) is 64.5 Å². The van der Waals surface area contributed by atoms with Crippen LogP contribution in [0.15, 0.2) is 25.6 Å². The molecule has 6 heteroatoms. The Morgan fingerprint density at radius 2 is 1.35 bits per heavy atom. The molecule has 0 radical (unpaired) electrons. The number of hydrogen-bond acceptors (Lipinski definition) is 6. The van der Waals surface area contributed by atoms with E-state index in [0.29, 0.717) is 29.2 Å². The molecule has 2 unspecified atom stereocenters. The molecule has 118 valence electrons. The molecule has 4 nitrogen and oxygen atoms in total. The van der Waals surface area contributed by atoms with Crippen LogP contribution in [0.5, 0.6) is 0 Å². The number of thioether (sulfide) groups is 2. The Morgan fingerprint density at radius 1 is 1.00 bits per heavy atom. The van der Waals surface area contributed by atoms with Crippen molar-refractivity contribution < 1.29 is 10.2 Å². The highest BCUT2D eigenvalue weighted by molar-refractivity contribution is 8.17. The zero-order valence-electron chi connectivity index (χ0n) is 12.7. The Labute approximate surface area is 131 Å². The van der Waals surface area contributed by atoms with E-state index in [-0.39, 0.29) is 0 Å². The molecule has 0 saturated heterocycles. The van der Waals surface area contributed by atoms with Crippen molar-refractivity contribution in [1.82, 2.24) is 10.6 Å². The lowest BCUT2D eigenvalue weighted by Crippen LogP contribution is -2.39. The van der Waals surface area contributed by atoms with Gasteiger partial charge in [-0.2, -0.15) is 0 Å². The number of nitrogens with one attached hydrogen (secondary N) is 2. The summed E-state index contributed by atoms with van der Waals surface area (Å²) in [7, 11) is 0. The van der Waals surface area contributed by atoms with Gasteiger partial charge in [-0.3, -0.25) is 0 Å². The molecule has 0 spiro atoms. The van der Waals surface area contributed by atoms with Crippen LogP contribution in [-0.2, 0) is 0 Å². The lowest BCUT2D eigenvalue weighted by molar-refractivity contribution is 0.0884. The molecule has 20 heavy (non-hydrogen) atoms. The summed E-state index contributed by atoms with van der Waals surface area (Å²) in [4.78, 5) is 0. The van der Waals surface area contributed by atoms with E-state index in [1.165, 1.54) is 0 Å². The molecule has 0 aromatic carbocycles. The SMILES string of the molecule is C=CNCC(C)(O)CSC(C)SCC(C)(O)CNC=C. The monoisotopic (exact) mass is 320 g/mol. The first kappa shape index (κ1) is 19.7. The fourth-order valence-electron chi connectivity index (χ4n) is 1.33. The number of hydrogen-bond donors (Lipinski definition) is 4. The van der Waals surface area contributed by atoms with Gasteiger partial charge in [-0.25, -0.2) is 0 Å². The second-order valence-corrected chi connectivity index (χ2v) is 8.31. The Balaban J connectivity index is 3.95.